The largest absolute Gasteiger partial charge is 0.349 e. The standard InChI is InChI=1S/C21H22ClN3O2/c1-2-12-23-20(26)17-6-10-19(11-7-17)25-14-3-13-24(21(25)27)15-16-4-8-18(22)9-5-16/h2,4-11H,1,3,12-15H2,(H,23,26). The van der Waals surface area contributed by atoms with Crippen LogP contribution in [0.4, 0.5) is 10.5 Å². The van der Waals surface area contributed by atoms with Crippen LogP contribution in [-0.4, -0.2) is 36.5 Å². The molecule has 0 saturated carbocycles. The van der Waals surface area contributed by atoms with E-state index in [1.807, 2.05) is 41.3 Å². The molecule has 0 aromatic heterocycles. The summed E-state index contributed by atoms with van der Waals surface area (Å²) in [5, 5.41) is 3.42. The van der Waals surface area contributed by atoms with E-state index in [0.717, 1.165) is 24.2 Å². The second kappa shape index (κ2) is 8.73. The maximum atomic E-state index is 12.9. The van der Waals surface area contributed by atoms with Gasteiger partial charge in [-0.1, -0.05) is 29.8 Å². The Labute approximate surface area is 164 Å². The highest BCUT2D eigenvalue weighted by Crippen LogP contribution is 2.22. The second-order valence-electron chi connectivity index (χ2n) is 6.38. The fourth-order valence-electron chi connectivity index (χ4n) is 3.04. The Bertz CT molecular complexity index is 818. The summed E-state index contributed by atoms with van der Waals surface area (Å²) in [6, 6.07) is 14.6. The number of urea groups is 1. The number of hydrogen-bond donors (Lipinski definition) is 1. The number of amides is 3. The Balaban J connectivity index is 1.68. The molecular weight excluding hydrogens is 362 g/mol. The van der Waals surface area contributed by atoms with Crippen molar-refractivity contribution in [2.75, 3.05) is 24.5 Å². The Morgan fingerprint density at radius 3 is 2.48 bits per heavy atom. The first-order chi connectivity index (χ1) is 13.1. The molecule has 1 N–H and O–H groups in total. The average molecular weight is 384 g/mol. The molecule has 5 nitrogen and oxygen atoms in total. The summed E-state index contributed by atoms with van der Waals surface area (Å²) in [4.78, 5) is 28.5. The molecule has 0 spiro atoms. The van der Waals surface area contributed by atoms with E-state index in [2.05, 4.69) is 11.9 Å². The van der Waals surface area contributed by atoms with Crippen LogP contribution in [0, 0.1) is 0 Å². The predicted molar refractivity (Wildman–Crippen MR) is 108 cm³/mol. The van der Waals surface area contributed by atoms with Crippen LogP contribution in [0.1, 0.15) is 22.3 Å². The first kappa shape index (κ1) is 19.0. The summed E-state index contributed by atoms with van der Waals surface area (Å²) in [6.45, 7) is 5.94. The van der Waals surface area contributed by atoms with Gasteiger partial charge in [-0.25, -0.2) is 4.79 Å². The van der Waals surface area contributed by atoms with E-state index >= 15 is 0 Å². The third-order valence-electron chi connectivity index (χ3n) is 4.45. The van der Waals surface area contributed by atoms with Crippen molar-refractivity contribution in [3.63, 3.8) is 0 Å². The van der Waals surface area contributed by atoms with Gasteiger partial charge in [-0.3, -0.25) is 9.69 Å². The summed E-state index contributed by atoms with van der Waals surface area (Å²) < 4.78 is 0. The maximum Gasteiger partial charge on any atom is 0.324 e. The van der Waals surface area contributed by atoms with Crippen LogP contribution >= 0.6 is 11.6 Å². The fourth-order valence-corrected chi connectivity index (χ4v) is 3.16. The first-order valence-corrected chi connectivity index (χ1v) is 9.26. The normalized spacial score (nSPS) is 14.2. The van der Waals surface area contributed by atoms with Crippen molar-refractivity contribution in [1.82, 2.24) is 10.2 Å². The zero-order valence-electron chi connectivity index (χ0n) is 15.0. The minimum atomic E-state index is -0.157. The van der Waals surface area contributed by atoms with Gasteiger partial charge in [0, 0.05) is 42.5 Å². The molecule has 0 unspecified atom stereocenters. The second-order valence-corrected chi connectivity index (χ2v) is 6.82. The van der Waals surface area contributed by atoms with Crippen LogP contribution in [0.3, 0.4) is 0 Å². The molecule has 1 saturated heterocycles. The monoisotopic (exact) mass is 383 g/mol. The van der Waals surface area contributed by atoms with Crippen LogP contribution < -0.4 is 10.2 Å². The lowest BCUT2D eigenvalue weighted by Gasteiger charge is -2.35. The lowest BCUT2D eigenvalue weighted by molar-refractivity contribution is 0.0958. The van der Waals surface area contributed by atoms with Crippen molar-refractivity contribution in [2.45, 2.75) is 13.0 Å². The zero-order valence-corrected chi connectivity index (χ0v) is 15.8. The highest BCUT2D eigenvalue weighted by Gasteiger charge is 2.26. The Hall–Kier alpha value is -2.79. The van der Waals surface area contributed by atoms with Gasteiger partial charge in [-0.15, -0.1) is 6.58 Å². The Morgan fingerprint density at radius 1 is 1.11 bits per heavy atom. The molecule has 0 atom stereocenters. The molecule has 0 radical (unpaired) electrons. The van der Waals surface area contributed by atoms with Crippen LogP contribution in [0.5, 0.6) is 0 Å². The average Bonchev–Trinajstić information content (AvgIpc) is 2.69. The van der Waals surface area contributed by atoms with E-state index < -0.39 is 0 Å². The Kier molecular flexibility index (Phi) is 6.14. The molecule has 3 amide bonds. The fraction of sp³-hybridized carbons (Fsp3) is 0.238. The topological polar surface area (TPSA) is 52.7 Å². The lowest BCUT2D eigenvalue weighted by atomic mass is 10.1. The smallest absolute Gasteiger partial charge is 0.324 e. The van der Waals surface area contributed by atoms with Gasteiger partial charge in [0.05, 0.1) is 0 Å². The van der Waals surface area contributed by atoms with E-state index in [0.29, 0.717) is 30.2 Å². The molecule has 0 aliphatic carbocycles. The molecular formula is C21H22ClN3O2. The minimum absolute atomic E-state index is 0.0277. The number of nitrogens with one attached hydrogen (secondary N) is 1. The maximum absolute atomic E-state index is 12.9. The van der Waals surface area contributed by atoms with Gasteiger partial charge < -0.3 is 10.2 Å². The third kappa shape index (κ3) is 4.68. The Morgan fingerprint density at radius 2 is 1.81 bits per heavy atom. The van der Waals surface area contributed by atoms with Crippen LogP contribution in [0.25, 0.3) is 0 Å². The molecule has 1 aliphatic heterocycles. The SMILES string of the molecule is C=CCNC(=O)c1ccc(N2CCCN(Cc3ccc(Cl)cc3)C2=O)cc1. The number of hydrogen-bond acceptors (Lipinski definition) is 2. The number of benzene rings is 2. The van der Waals surface area contributed by atoms with E-state index in [9.17, 15) is 9.59 Å². The number of anilines is 1. The van der Waals surface area contributed by atoms with Gasteiger partial charge in [0.2, 0.25) is 0 Å². The predicted octanol–water partition coefficient (Wildman–Crippen LogP) is 4.09. The minimum Gasteiger partial charge on any atom is -0.349 e. The molecule has 1 aliphatic rings. The molecule has 0 bridgehead atoms. The van der Waals surface area contributed by atoms with Crippen LogP contribution in [0.2, 0.25) is 5.02 Å². The van der Waals surface area contributed by atoms with Crippen LogP contribution in [0.15, 0.2) is 61.2 Å². The zero-order chi connectivity index (χ0) is 19.2. The van der Waals surface area contributed by atoms with Crippen molar-refractivity contribution in [1.29, 1.82) is 0 Å². The van der Waals surface area contributed by atoms with Crippen LogP contribution in [-0.2, 0) is 6.54 Å². The number of halogens is 1. The first-order valence-electron chi connectivity index (χ1n) is 8.88. The van der Waals surface area contributed by atoms with Gasteiger partial charge in [0.15, 0.2) is 0 Å². The quantitative estimate of drug-likeness (QED) is 0.764. The van der Waals surface area contributed by atoms with E-state index in [1.165, 1.54) is 0 Å². The van der Waals surface area contributed by atoms with Gasteiger partial charge in [-0.2, -0.15) is 0 Å². The number of rotatable bonds is 6. The number of carbonyl (C=O) groups excluding carboxylic acids is 2. The van der Waals surface area contributed by atoms with E-state index in [-0.39, 0.29) is 11.9 Å². The molecule has 1 heterocycles. The highest BCUT2D eigenvalue weighted by molar-refractivity contribution is 6.30. The van der Waals surface area contributed by atoms with Crippen molar-refractivity contribution < 1.29 is 9.59 Å². The molecule has 1 fully saturated rings. The van der Waals surface area contributed by atoms with Gasteiger partial charge in [0.25, 0.3) is 5.91 Å². The third-order valence-corrected chi connectivity index (χ3v) is 4.70. The van der Waals surface area contributed by atoms with Gasteiger partial charge >= 0.3 is 6.03 Å². The van der Waals surface area contributed by atoms with Crippen molar-refractivity contribution in [3.8, 4) is 0 Å². The summed E-state index contributed by atoms with van der Waals surface area (Å²) in [6.07, 6.45) is 2.52. The number of carbonyl (C=O) groups is 2. The summed E-state index contributed by atoms with van der Waals surface area (Å²) in [5.41, 5.74) is 2.40. The highest BCUT2D eigenvalue weighted by atomic mass is 35.5. The summed E-state index contributed by atoms with van der Waals surface area (Å²) in [7, 11) is 0. The van der Waals surface area contributed by atoms with E-state index in [1.54, 1.807) is 23.1 Å². The van der Waals surface area contributed by atoms with E-state index in [4.69, 9.17) is 11.6 Å². The number of nitrogens with zero attached hydrogens (tertiary/aromatic N) is 2. The molecule has 2 aromatic rings. The van der Waals surface area contributed by atoms with Crippen molar-refractivity contribution in [2.24, 2.45) is 0 Å². The van der Waals surface area contributed by atoms with Gasteiger partial charge in [0.1, 0.15) is 0 Å². The van der Waals surface area contributed by atoms with Crippen molar-refractivity contribution >= 4 is 29.2 Å². The van der Waals surface area contributed by atoms with Gasteiger partial charge in [-0.05, 0) is 48.4 Å². The molecule has 27 heavy (non-hydrogen) atoms. The summed E-state index contributed by atoms with van der Waals surface area (Å²) >= 11 is 5.93. The molecule has 140 valence electrons. The van der Waals surface area contributed by atoms with Crippen molar-refractivity contribution in [3.05, 3.63) is 77.3 Å². The lowest BCUT2D eigenvalue weighted by Crippen LogP contribution is -2.49. The molecule has 6 heteroatoms. The summed E-state index contributed by atoms with van der Waals surface area (Å²) in [5.74, 6) is -0.157. The molecule has 2 aromatic carbocycles. The molecule has 3 rings (SSSR count).